The molecule has 0 radical (unpaired) electrons. The summed E-state index contributed by atoms with van der Waals surface area (Å²) in [5.41, 5.74) is 0.850. The standard InChI is InChI=1S/C11H15ClN2O3S/c12-10-4-2-9(3-5-10)8-11(15)14-6-1-7-18(13,16)17/h2-5H,1,6-8H2,(H,14,15)(H2,13,16,17). The van der Waals surface area contributed by atoms with Crippen molar-refractivity contribution in [3.05, 3.63) is 34.9 Å². The van der Waals surface area contributed by atoms with Crippen molar-refractivity contribution in [2.75, 3.05) is 12.3 Å². The van der Waals surface area contributed by atoms with Gasteiger partial charge in [0.15, 0.2) is 0 Å². The summed E-state index contributed by atoms with van der Waals surface area (Å²) in [6.45, 7) is 0.294. The first-order valence-electron chi connectivity index (χ1n) is 5.38. The molecule has 0 spiro atoms. The number of amides is 1. The van der Waals surface area contributed by atoms with Crippen molar-refractivity contribution in [2.24, 2.45) is 5.14 Å². The molecule has 7 heteroatoms. The second kappa shape index (κ2) is 6.72. The van der Waals surface area contributed by atoms with Crippen LogP contribution in [0.3, 0.4) is 0 Å². The number of nitrogens with one attached hydrogen (secondary N) is 1. The van der Waals surface area contributed by atoms with E-state index in [0.717, 1.165) is 5.56 Å². The van der Waals surface area contributed by atoms with Crippen LogP contribution in [0.2, 0.25) is 5.02 Å². The summed E-state index contributed by atoms with van der Waals surface area (Å²) >= 11 is 5.72. The number of primary sulfonamides is 1. The number of hydrogen-bond donors (Lipinski definition) is 2. The lowest BCUT2D eigenvalue weighted by molar-refractivity contribution is -0.120. The van der Waals surface area contributed by atoms with Gasteiger partial charge in [-0.1, -0.05) is 23.7 Å². The first-order chi connectivity index (χ1) is 8.37. The van der Waals surface area contributed by atoms with Gasteiger partial charge in [0, 0.05) is 11.6 Å². The molecule has 100 valence electrons. The highest BCUT2D eigenvalue weighted by molar-refractivity contribution is 7.89. The van der Waals surface area contributed by atoms with E-state index in [1.165, 1.54) is 0 Å². The van der Waals surface area contributed by atoms with Gasteiger partial charge in [0.05, 0.1) is 12.2 Å². The fourth-order valence-corrected chi connectivity index (χ4v) is 2.02. The Kier molecular flexibility index (Phi) is 5.58. The van der Waals surface area contributed by atoms with E-state index in [9.17, 15) is 13.2 Å². The lowest BCUT2D eigenvalue weighted by Gasteiger charge is -2.05. The number of carbonyl (C=O) groups is 1. The van der Waals surface area contributed by atoms with Gasteiger partial charge in [-0.2, -0.15) is 0 Å². The van der Waals surface area contributed by atoms with Crippen LogP contribution >= 0.6 is 11.6 Å². The Balaban J connectivity index is 2.28. The fraction of sp³-hybridized carbons (Fsp3) is 0.364. The number of halogens is 1. The second-order valence-electron chi connectivity index (χ2n) is 3.87. The van der Waals surface area contributed by atoms with Gasteiger partial charge in [0.2, 0.25) is 15.9 Å². The van der Waals surface area contributed by atoms with Crippen LogP contribution < -0.4 is 10.5 Å². The maximum atomic E-state index is 11.5. The molecule has 0 aliphatic rings. The maximum absolute atomic E-state index is 11.5. The Labute approximate surface area is 111 Å². The minimum Gasteiger partial charge on any atom is -0.356 e. The Bertz CT molecular complexity index is 500. The Morgan fingerprint density at radius 3 is 2.44 bits per heavy atom. The van der Waals surface area contributed by atoms with Crippen molar-refractivity contribution >= 4 is 27.5 Å². The lowest BCUT2D eigenvalue weighted by Crippen LogP contribution is -2.28. The van der Waals surface area contributed by atoms with Crippen molar-refractivity contribution in [3.63, 3.8) is 0 Å². The van der Waals surface area contributed by atoms with E-state index in [2.05, 4.69) is 5.32 Å². The lowest BCUT2D eigenvalue weighted by atomic mass is 10.1. The van der Waals surface area contributed by atoms with Gasteiger partial charge in [0.1, 0.15) is 0 Å². The smallest absolute Gasteiger partial charge is 0.224 e. The van der Waals surface area contributed by atoms with Crippen molar-refractivity contribution in [1.29, 1.82) is 0 Å². The molecule has 5 nitrogen and oxygen atoms in total. The predicted octanol–water partition coefficient (Wildman–Crippen LogP) is 0.677. The third kappa shape index (κ3) is 6.58. The highest BCUT2D eigenvalue weighted by Gasteiger charge is 2.05. The van der Waals surface area contributed by atoms with Crippen molar-refractivity contribution in [1.82, 2.24) is 5.32 Å². The molecule has 1 amide bonds. The molecular formula is C11H15ClN2O3S. The molecule has 18 heavy (non-hydrogen) atoms. The van der Waals surface area contributed by atoms with Gasteiger partial charge >= 0.3 is 0 Å². The topological polar surface area (TPSA) is 89.3 Å². The van der Waals surface area contributed by atoms with Gasteiger partial charge in [-0.05, 0) is 24.1 Å². The Morgan fingerprint density at radius 1 is 1.28 bits per heavy atom. The summed E-state index contributed by atoms with van der Waals surface area (Å²) in [7, 11) is -3.45. The summed E-state index contributed by atoms with van der Waals surface area (Å²) in [5, 5.41) is 8.08. The molecule has 0 saturated carbocycles. The van der Waals surface area contributed by atoms with Crippen LogP contribution in [-0.2, 0) is 21.2 Å². The molecule has 0 atom stereocenters. The molecule has 0 fully saturated rings. The first kappa shape index (κ1) is 14.9. The molecule has 0 saturated heterocycles. The second-order valence-corrected chi connectivity index (χ2v) is 6.04. The van der Waals surface area contributed by atoms with E-state index >= 15 is 0 Å². The van der Waals surface area contributed by atoms with E-state index in [4.69, 9.17) is 16.7 Å². The number of nitrogens with two attached hydrogens (primary N) is 1. The molecule has 1 aromatic rings. The van der Waals surface area contributed by atoms with E-state index in [0.29, 0.717) is 18.0 Å². The average molecular weight is 291 g/mol. The summed E-state index contributed by atoms with van der Waals surface area (Å²) < 4.78 is 21.3. The minimum atomic E-state index is -3.45. The van der Waals surface area contributed by atoms with Gasteiger partial charge in [0.25, 0.3) is 0 Å². The molecule has 0 aliphatic carbocycles. The Morgan fingerprint density at radius 2 is 1.89 bits per heavy atom. The highest BCUT2D eigenvalue weighted by Crippen LogP contribution is 2.09. The van der Waals surface area contributed by atoms with Crippen molar-refractivity contribution in [3.8, 4) is 0 Å². The maximum Gasteiger partial charge on any atom is 0.224 e. The number of rotatable bonds is 6. The zero-order valence-corrected chi connectivity index (χ0v) is 11.3. The predicted molar refractivity (Wildman–Crippen MR) is 70.8 cm³/mol. The number of sulfonamides is 1. The zero-order chi connectivity index (χ0) is 13.6. The molecule has 0 unspecified atom stereocenters. The van der Waals surface area contributed by atoms with E-state index in [1.807, 2.05) is 0 Å². The third-order valence-electron chi connectivity index (χ3n) is 2.21. The largest absolute Gasteiger partial charge is 0.356 e. The monoisotopic (exact) mass is 290 g/mol. The van der Waals surface area contributed by atoms with Crippen LogP contribution in [0.4, 0.5) is 0 Å². The molecule has 0 heterocycles. The summed E-state index contributed by atoms with van der Waals surface area (Å²) in [6.07, 6.45) is 0.553. The molecule has 3 N–H and O–H groups in total. The summed E-state index contributed by atoms with van der Waals surface area (Å²) in [6, 6.07) is 6.97. The van der Waals surface area contributed by atoms with E-state index in [-0.39, 0.29) is 18.1 Å². The molecule has 0 bridgehead atoms. The zero-order valence-electron chi connectivity index (χ0n) is 9.73. The first-order valence-corrected chi connectivity index (χ1v) is 7.48. The molecule has 0 aliphatic heterocycles. The molecular weight excluding hydrogens is 276 g/mol. The number of carbonyl (C=O) groups excluding carboxylic acids is 1. The van der Waals surface area contributed by atoms with Gasteiger partial charge in [-0.3, -0.25) is 4.79 Å². The van der Waals surface area contributed by atoms with Crippen LogP contribution in [0.5, 0.6) is 0 Å². The van der Waals surface area contributed by atoms with Gasteiger partial charge in [-0.15, -0.1) is 0 Å². The third-order valence-corrected chi connectivity index (χ3v) is 3.32. The molecule has 0 aromatic heterocycles. The quantitative estimate of drug-likeness (QED) is 0.755. The van der Waals surface area contributed by atoms with Crippen LogP contribution in [0.15, 0.2) is 24.3 Å². The summed E-state index contributed by atoms with van der Waals surface area (Å²) in [5.74, 6) is -0.291. The summed E-state index contributed by atoms with van der Waals surface area (Å²) in [4.78, 5) is 11.5. The fourth-order valence-electron chi connectivity index (χ4n) is 1.35. The molecule has 1 rings (SSSR count). The highest BCUT2D eigenvalue weighted by atomic mass is 35.5. The Hall–Kier alpha value is -1.11. The van der Waals surface area contributed by atoms with Crippen molar-refractivity contribution < 1.29 is 13.2 Å². The normalized spacial score (nSPS) is 11.2. The number of benzene rings is 1. The minimum absolute atomic E-state index is 0.131. The van der Waals surface area contributed by atoms with Crippen LogP contribution in [0, 0.1) is 0 Å². The van der Waals surface area contributed by atoms with Crippen LogP contribution in [0.1, 0.15) is 12.0 Å². The molecule has 1 aromatic carbocycles. The van der Waals surface area contributed by atoms with Crippen LogP contribution in [-0.4, -0.2) is 26.6 Å². The number of hydrogen-bond acceptors (Lipinski definition) is 3. The average Bonchev–Trinajstić information content (AvgIpc) is 2.26. The van der Waals surface area contributed by atoms with Gasteiger partial charge in [-0.25, -0.2) is 13.6 Å². The van der Waals surface area contributed by atoms with Gasteiger partial charge < -0.3 is 5.32 Å². The van der Waals surface area contributed by atoms with Crippen molar-refractivity contribution in [2.45, 2.75) is 12.8 Å². The SMILES string of the molecule is NS(=O)(=O)CCCNC(=O)Cc1ccc(Cl)cc1. The van der Waals surface area contributed by atoms with E-state index < -0.39 is 10.0 Å². The van der Waals surface area contributed by atoms with Crippen LogP contribution in [0.25, 0.3) is 0 Å². The van der Waals surface area contributed by atoms with E-state index in [1.54, 1.807) is 24.3 Å².